The number of ketones is 1. The number of halogens is 2. The number of hydrogen-bond donors (Lipinski definition) is 3. The Hall–Kier alpha value is -3.88. The van der Waals surface area contributed by atoms with Crippen LogP contribution in [0.25, 0.3) is 10.9 Å². The molecule has 222 valence electrons. The Morgan fingerprint density at radius 1 is 0.952 bits per heavy atom. The highest BCUT2D eigenvalue weighted by atomic mass is 19.1. The van der Waals surface area contributed by atoms with Crippen LogP contribution in [0.15, 0.2) is 66.9 Å². The van der Waals surface area contributed by atoms with E-state index in [1.807, 2.05) is 22.9 Å². The van der Waals surface area contributed by atoms with Crippen molar-refractivity contribution in [1.29, 1.82) is 0 Å². The lowest BCUT2D eigenvalue weighted by atomic mass is 9.99. The summed E-state index contributed by atoms with van der Waals surface area (Å²) in [5.74, 6) is -1.93. The molecule has 0 aliphatic heterocycles. The summed E-state index contributed by atoms with van der Waals surface area (Å²) >= 11 is 0. The number of amides is 1. The Morgan fingerprint density at radius 2 is 1.69 bits per heavy atom. The minimum atomic E-state index is -1.05. The second-order valence-corrected chi connectivity index (χ2v) is 10.8. The smallest absolute Gasteiger partial charge is 0.251 e. The maximum Gasteiger partial charge on any atom is 0.251 e. The zero-order valence-electron chi connectivity index (χ0n) is 24.4. The van der Waals surface area contributed by atoms with E-state index in [1.165, 1.54) is 24.6 Å². The van der Waals surface area contributed by atoms with Crippen molar-refractivity contribution < 1.29 is 23.5 Å². The first-order valence-corrected chi connectivity index (χ1v) is 14.5. The number of hydrogen-bond acceptors (Lipinski definition) is 4. The van der Waals surface area contributed by atoms with Gasteiger partial charge in [-0.3, -0.25) is 9.59 Å². The highest BCUT2D eigenvalue weighted by Crippen LogP contribution is 2.24. The van der Waals surface area contributed by atoms with Gasteiger partial charge in [0.2, 0.25) is 0 Å². The average molecular weight is 576 g/mol. The molecule has 0 saturated heterocycles. The van der Waals surface area contributed by atoms with Crippen molar-refractivity contribution in [2.24, 2.45) is 0 Å². The molecule has 0 bridgehead atoms. The molecule has 0 aliphatic rings. The van der Waals surface area contributed by atoms with Gasteiger partial charge in [0.1, 0.15) is 11.6 Å². The number of benzene rings is 3. The van der Waals surface area contributed by atoms with E-state index in [0.29, 0.717) is 29.8 Å². The number of aliphatic hydroxyl groups excluding tert-OH is 1. The van der Waals surface area contributed by atoms with E-state index < -0.39 is 29.7 Å². The lowest BCUT2D eigenvalue weighted by Crippen LogP contribution is -2.48. The Morgan fingerprint density at radius 3 is 2.38 bits per heavy atom. The predicted molar refractivity (Wildman–Crippen MR) is 162 cm³/mol. The lowest BCUT2D eigenvalue weighted by molar-refractivity contribution is 0.0829. The first-order chi connectivity index (χ1) is 20.2. The topological polar surface area (TPSA) is 83.4 Å². The third-order valence-corrected chi connectivity index (χ3v) is 7.52. The van der Waals surface area contributed by atoms with Gasteiger partial charge < -0.3 is 20.3 Å². The molecule has 1 heterocycles. The van der Waals surface area contributed by atoms with Gasteiger partial charge in [0.25, 0.3) is 5.91 Å². The van der Waals surface area contributed by atoms with Gasteiger partial charge in [-0.15, -0.1) is 0 Å². The molecule has 3 aromatic carbocycles. The van der Waals surface area contributed by atoms with Crippen LogP contribution in [0.4, 0.5) is 8.78 Å². The molecule has 0 spiro atoms. The van der Waals surface area contributed by atoms with E-state index in [9.17, 15) is 23.5 Å². The van der Waals surface area contributed by atoms with Crippen molar-refractivity contribution in [3.05, 3.63) is 106 Å². The highest BCUT2D eigenvalue weighted by molar-refractivity contribution is 6.08. The molecule has 0 saturated carbocycles. The standard InChI is InChI=1S/C34H39F2N3O3/c1-4-6-12-39-21-30(22(3)40)29-11-10-26(17-32(29)39)34(42)38-31(16-25-14-27(35)18-28(36)15-25)33(41)20-37-19-24-9-7-8-23(5-2)13-24/h7-11,13-15,17-18,21,31,33,37,41H,4-6,12,16,19-20H2,1-3H3,(H,38,42)/t31-,33-/m0/s1. The molecule has 42 heavy (non-hydrogen) atoms. The molecular weight excluding hydrogens is 536 g/mol. The minimum absolute atomic E-state index is 0.0260. The SMILES string of the molecule is CCCCn1cc(C(C)=O)c2ccc(C(=O)N[C@@H](Cc3cc(F)cc(F)c3)[C@@H](O)CNCc3cccc(CC)c3)cc21. The van der Waals surface area contributed by atoms with Gasteiger partial charge in [-0.1, -0.05) is 50.6 Å². The van der Waals surface area contributed by atoms with Crippen molar-refractivity contribution in [3.8, 4) is 0 Å². The molecule has 0 fully saturated rings. The van der Waals surface area contributed by atoms with Crippen LogP contribution in [0, 0.1) is 11.6 Å². The molecular formula is C34H39F2N3O3. The largest absolute Gasteiger partial charge is 0.390 e. The summed E-state index contributed by atoms with van der Waals surface area (Å²) in [7, 11) is 0. The molecule has 3 N–H and O–H groups in total. The normalized spacial score (nSPS) is 12.8. The number of unbranched alkanes of at least 4 members (excludes halogenated alkanes) is 1. The molecule has 6 nitrogen and oxygen atoms in total. The number of Topliss-reactive ketones (excluding diaryl/α,β-unsaturated/α-hetero) is 1. The number of aliphatic hydroxyl groups is 1. The van der Waals surface area contributed by atoms with E-state index >= 15 is 0 Å². The Kier molecular flexibility index (Phi) is 10.6. The average Bonchev–Trinajstić information content (AvgIpc) is 3.33. The van der Waals surface area contributed by atoms with Gasteiger partial charge in [0, 0.05) is 53.9 Å². The Labute approximate surface area is 245 Å². The van der Waals surface area contributed by atoms with Crippen LogP contribution in [-0.2, 0) is 25.9 Å². The Balaban J connectivity index is 1.55. The van der Waals surface area contributed by atoms with E-state index in [-0.39, 0.29) is 18.7 Å². The van der Waals surface area contributed by atoms with Crippen molar-refractivity contribution in [2.45, 2.75) is 71.7 Å². The number of rotatable bonds is 14. The molecule has 0 aliphatic carbocycles. The van der Waals surface area contributed by atoms with Crippen LogP contribution >= 0.6 is 0 Å². The van der Waals surface area contributed by atoms with Crippen molar-refractivity contribution in [3.63, 3.8) is 0 Å². The third-order valence-electron chi connectivity index (χ3n) is 7.52. The van der Waals surface area contributed by atoms with Crippen LogP contribution in [0.2, 0.25) is 0 Å². The number of nitrogens with one attached hydrogen (secondary N) is 2. The van der Waals surface area contributed by atoms with Crippen molar-refractivity contribution >= 4 is 22.6 Å². The first kappa shape index (κ1) is 31.1. The van der Waals surface area contributed by atoms with Crippen LogP contribution < -0.4 is 10.6 Å². The monoisotopic (exact) mass is 575 g/mol. The number of aryl methyl sites for hydroxylation is 2. The van der Waals surface area contributed by atoms with Crippen molar-refractivity contribution in [1.82, 2.24) is 15.2 Å². The minimum Gasteiger partial charge on any atom is -0.390 e. The molecule has 0 radical (unpaired) electrons. The maximum atomic E-state index is 14.0. The second kappa shape index (κ2) is 14.3. The molecule has 1 aromatic heterocycles. The van der Waals surface area contributed by atoms with E-state index in [0.717, 1.165) is 41.8 Å². The molecule has 4 aromatic rings. The van der Waals surface area contributed by atoms with E-state index in [1.54, 1.807) is 18.2 Å². The first-order valence-electron chi connectivity index (χ1n) is 14.5. The number of aromatic nitrogens is 1. The van der Waals surface area contributed by atoms with Crippen molar-refractivity contribution in [2.75, 3.05) is 6.54 Å². The fourth-order valence-corrected chi connectivity index (χ4v) is 5.21. The van der Waals surface area contributed by atoms with Crippen LogP contribution in [0.5, 0.6) is 0 Å². The van der Waals surface area contributed by atoms with Gasteiger partial charge in [-0.2, -0.15) is 0 Å². The molecule has 0 unspecified atom stereocenters. The maximum absolute atomic E-state index is 14.0. The fraction of sp³-hybridized carbons (Fsp3) is 0.353. The zero-order chi connectivity index (χ0) is 30.2. The molecule has 2 atom stereocenters. The molecule has 8 heteroatoms. The Bertz CT molecular complexity index is 1530. The van der Waals surface area contributed by atoms with Gasteiger partial charge in [0.15, 0.2) is 5.78 Å². The number of nitrogens with zero attached hydrogens (tertiary/aromatic N) is 1. The summed E-state index contributed by atoms with van der Waals surface area (Å²) in [6, 6.07) is 15.7. The summed E-state index contributed by atoms with van der Waals surface area (Å²) < 4.78 is 29.9. The fourth-order valence-electron chi connectivity index (χ4n) is 5.21. The number of carbonyl (C=O) groups excluding carboxylic acids is 2. The summed E-state index contributed by atoms with van der Waals surface area (Å²) in [4.78, 5) is 25.7. The predicted octanol–water partition coefficient (Wildman–Crippen LogP) is 5.98. The van der Waals surface area contributed by atoms with Gasteiger partial charge >= 0.3 is 0 Å². The summed E-state index contributed by atoms with van der Waals surface area (Å²) in [5, 5.41) is 18.1. The van der Waals surface area contributed by atoms with Crippen LogP contribution in [0.1, 0.15) is 71.0 Å². The number of carbonyl (C=O) groups is 2. The highest BCUT2D eigenvalue weighted by Gasteiger charge is 2.24. The summed E-state index contributed by atoms with van der Waals surface area (Å²) in [6.45, 7) is 7.08. The molecule has 4 rings (SSSR count). The van der Waals surface area contributed by atoms with E-state index in [4.69, 9.17) is 0 Å². The van der Waals surface area contributed by atoms with Gasteiger partial charge in [-0.05, 0) is 67.1 Å². The quantitative estimate of drug-likeness (QED) is 0.162. The molecule has 1 amide bonds. The van der Waals surface area contributed by atoms with Gasteiger partial charge in [-0.25, -0.2) is 8.78 Å². The third kappa shape index (κ3) is 7.89. The zero-order valence-corrected chi connectivity index (χ0v) is 24.4. The van der Waals surface area contributed by atoms with E-state index in [2.05, 4.69) is 36.6 Å². The van der Waals surface area contributed by atoms with Gasteiger partial charge in [0.05, 0.1) is 12.1 Å². The lowest BCUT2D eigenvalue weighted by Gasteiger charge is -2.25. The number of fused-ring (bicyclic) bond motifs is 1. The second-order valence-electron chi connectivity index (χ2n) is 10.8. The summed E-state index contributed by atoms with van der Waals surface area (Å²) in [5.41, 5.74) is 4.34. The van der Waals surface area contributed by atoms with Crippen LogP contribution in [0.3, 0.4) is 0 Å². The van der Waals surface area contributed by atoms with Crippen LogP contribution in [-0.4, -0.2) is 40.1 Å². The summed E-state index contributed by atoms with van der Waals surface area (Å²) in [6.07, 6.45) is 3.63.